The summed E-state index contributed by atoms with van der Waals surface area (Å²) in [6.07, 6.45) is 7.91. The number of rotatable bonds is 9. The maximum absolute atomic E-state index is 14.9. The Kier molecular flexibility index (Phi) is 9.33. The summed E-state index contributed by atoms with van der Waals surface area (Å²) in [6.45, 7) is 0.346. The molecule has 39 heavy (non-hydrogen) atoms. The summed E-state index contributed by atoms with van der Waals surface area (Å²) in [5, 5.41) is 3.01. The number of ether oxygens (including phenoxy) is 1. The predicted molar refractivity (Wildman–Crippen MR) is 143 cm³/mol. The van der Waals surface area contributed by atoms with Crippen molar-refractivity contribution in [2.24, 2.45) is 5.92 Å². The Labute approximate surface area is 232 Å². The SMILES string of the molecule is CN(C)[C@H]1CCCC[C@@H]1Nc1cc(F)c(S(=O)(=O)NC(=O)c2cc(Cl)c(OCC3CCCC3)cc2F)c(F)c1. The summed E-state index contributed by atoms with van der Waals surface area (Å²) >= 11 is 6.15. The molecule has 214 valence electrons. The first-order valence-electron chi connectivity index (χ1n) is 13.1. The van der Waals surface area contributed by atoms with Gasteiger partial charge in [-0.3, -0.25) is 4.79 Å². The first-order chi connectivity index (χ1) is 18.5. The minimum Gasteiger partial charge on any atom is -0.492 e. The first kappa shape index (κ1) is 29.5. The molecule has 2 N–H and O–H groups in total. The number of sulfonamides is 1. The predicted octanol–water partition coefficient (Wildman–Crippen LogP) is 5.73. The Hall–Kier alpha value is -2.50. The lowest BCUT2D eigenvalue weighted by atomic mass is 9.89. The Morgan fingerprint density at radius 3 is 2.23 bits per heavy atom. The molecule has 2 atom stereocenters. The summed E-state index contributed by atoms with van der Waals surface area (Å²) in [4.78, 5) is 13.3. The second-order valence-corrected chi connectivity index (χ2v) is 12.5. The fraction of sp³-hybridized carbons (Fsp3) is 0.519. The van der Waals surface area contributed by atoms with Gasteiger partial charge in [0.15, 0.2) is 4.90 Å². The van der Waals surface area contributed by atoms with Gasteiger partial charge in [0, 0.05) is 23.8 Å². The molecule has 2 saturated carbocycles. The molecule has 2 aromatic carbocycles. The maximum Gasteiger partial charge on any atom is 0.270 e. The standard InChI is InChI=1S/C27H33ClF3N3O4S/c1-34(2)24-10-6-5-9-23(24)32-17-11-21(30)26(22(31)12-17)39(36,37)33-27(35)18-13-19(28)25(14-20(18)29)38-15-16-7-3-4-8-16/h11-14,16,23-24,32H,3-10,15H2,1-2H3,(H,33,35)/t23-,24-/m0/s1. The summed E-state index contributed by atoms with van der Waals surface area (Å²) in [6, 6.07) is 3.64. The average molecular weight is 588 g/mol. The molecule has 7 nitrogen and oxygen atoms in total. The smallest absolute Gasteiger partial charge is 0.270 e. The van der Waals surface area contributed by atoms with Gasteiger partial charge >= 0.3 is 0 Å². The van der Waals surface area contributed by atoms with Crippen LogP contribution in [0, 0.1) is 23.4 Å². The van der Waals surface area contributed by atoms with Crippen LogP contribution in [0.1, 0.15) is 61.7 Å². The van der Waals surface area contributed by atoms with E-state index in [1.54, 1.807) is 4.72 Å². The third-order valence-corrected chi connectivity index (χ3v) is 9.13. The van der Waals surface area contributed by atoms with Crippen molar-refractivity contribution in [3.63, 3.8) is 0 Å². The zero-order valence-corrected chi connectivity index (χ0v) is 23.5. The highest BCUT2D eigenvalue weighted by molar-refractivity contribution is 7.90. The number of benzene rings is 2. The first-order valence-corrected chi connectivity index (χ1v) is 14.9. The molecule has 1 amide bonds. The highest BCUT2D eigenvalue weighted by Crippen LogP contribution is 2.32. The number of anilines is 1. The molecule has 0 saturated heterocycles. The number of hydrogen-bond donors (Lipinski definition) is 2. The van der Waals surface area contributed by atoms with Gasteiger partial charge in [-0.1, -0.05) is 37.3 Å². The van der Waals surface area contributed by atoms with Gasteiger partial charge in [-0.25, -0.2) is 26.3 Å². The summed E-state index contributed by atoms with van der Waals surface area (Å²) in [7, 11) is -1.17. The normalized spacial score (nSPS) is 20.3. The maximum atomic E-state index is 14.9. The van der Waals surface area contributed by atoms with E-state index in [2.05, 4.69) is 5.32 Å². The Balaban J connectivity index is 1.49. The molecule has 2 aromatic rings. The highest BCUT2D eigenvalue weighted by Gasteiger charge is 2.31. The molecule has 0 radical (unpaired) electrons. The lowest BCUT2D eigenvalue weighted by Gasteiger charge is -2.37. The van der Waals surface area contributed by atoms with E-state index in [9.17, 15) is 26.4 Å². The van der Waals surface area contributed by atoms with Crippen molar-refractivity contribution in [2.45, 2.75) is 68.3 Å². The minimum atomic E-state index is -5.03. The second-order valence-electron chi connectivity index (χ2n) is 10.5. The van der Waals surface area contributed by atoms with Crippen LogP contribution < -0.4 is 14.8 Å². The van der Waals surface area contributed by atoms with Crippen molar-refractivity contribution in [1.29, 1.82) is 0 Å². The third kappa shape index (κ3) is 6.99. The van der Waals surface area contributed by atoms with E-state index < -0.39 is 43.8 Å². The largest absolute Gasteiger partial charge is 0.492 e. The number of likely N-dealkylation sites (N-methyl/N-ethyl adjacent to an activating group) is 1. The highest BCUT2D eigenvalue weighted by atomic mass is 35.5. The number of nitrogens with one attached hydrogen (secondary N) is 2. The number of hydrogen-bond acceptors (Lipinski definition) is 6. The number of halogens is 4. The van der Waals surface area contributed by atoms with Crippen LogP contribution in [0.3, 0.4) is 0 Å². The van der Waals surface area contributed by atoms with Crippen LogP contribution in [-0.4, -0.2) is 52.0 Å². The molecule has 0 spiro atoms. The van der Waals surface area contributed by atoms with Crippen molar-refractivity contribution < 1.29 is 31.1 Å². The van der Waals surface area contributed by atoms with E-state index in [4.69, 9.17) is 16.3 Å². The molecule has 0 aliphatic heterocycles. The van der Waals surface area contributed by atoms with Crippen LogP contribution in [0.25, 0.3) is 0 Å². The molecule has 0 unspecified atom stereocenters. The zero-order valence-electron chi connectivity index (χ0n) is 21.9. The molecule has 0 bridgehead atoms. The van der Waals surface area contributed by atoms with Crippen molar-refractivity contribution in [2.75, 3.05) is 26.0 Å². The second kappa shape index (κ2) is 12.3. The fourth-order valence-electron chi connectivity index (χ4n) is 5.44. The molecule has 0 heterocycles. The van der Waals surface area contributed by atoms with Gasteiger partial charge in [0.2, 0.25) is 0 Å². The van der Waals surface area contributed by atoms with Gasteiger partial charge in [-0.2, -0.15) is 0 Å². The Morgan fingerprint density at radius 1 is 0.974 bits per heavy atom. The van der Waals surface area contributed by atoms with Gasteiger partial charge < -0.3 is 15.0 Å². The van der Waals surface area contributed by atoms with Crippen molar-refractivity contribution in [3.05, 3.63) is 52.3 Å². The average Bonchev–Trinajstić information content (AvgIpc) is 3.37. The molecule has 4 rings (SSSR count). The molecule has 2 aliphatic carbocycles. The number of carbonyl (C=O) groups excluding carboxylic acids is 1. The van der Waals surface area contributed by atoms with Crippen LogP contribution in [0.15, 0.2) is 29.2 Å². The molecule has 0 aromatic heterocycles. The van der Waals surface area contributed by atoms with Gasteiger partial charge in [-0.15, -0.1) is 0 Å². The van der Waals surface area contributed by atoms with Gasteiger partial charge in [0.25, 0.3) is 15.9 Å². The van der Waals surface area contributed by atoms with E-state index >= 15 is 0 Å². The Morgan fingerprint density at radius 2 is 1.59 bits per heavy atom. The summed E-state index contributed by atoms with van der Waals surface area (Å²) in [5.74, 6) is -4.92. The van der Waals surface area contributed by atoms with Crippen LogP contribution in [0.5, 0.6) is 5.75 Å². The molecule has 12 heteroatoms. The quantitative estimate of drug-likeness (QED) is 0.390. The van der Waals surface area contributed by atoms with Crippen molar-refractivity contribution >= 4 is 33.2 Å². The van der Waals surface area contributed by atoms with E-state index in [0.717, 1.165) is 75.6 Å². The fourth-order valence-corrected chi connectivity index (χ4v) is 6.74. The summed E-state index contributed by atoms with van der Waals surface area (Å²) < 4.78 is 77.3. The van der Waals surface area contributed by atoms with Crippen LogP contribution in [0.2, 0.25) is 5.02 Å². The monoisotopic (exact) mass is 587 g/mol. The molecule has 2 fully saturated rings. The van der Waals surface area contributed by atoms with Crippen molar-refractivity contribution in [3.8, 4) is 5.75 Å². The lowest BCUT2D eigenvalue weighted by Crippen LogP contribution is -2.45. The van der Waals surface area contributed by atoms with E-state index in [-0.39, 0.29) is 28.5 Å². The van der Waals surface area contributed by atoms with Crippen LogP contribution in [-0.2, 0) is 10.0 Å². The molecular weight excluding hydrogens is 555 g/mol. The van der Waals surface area contributed by atoms with Gasteiger partial charge in [0.05, 0.1) is 17.2 Å². The number of nitrogens with zero attached hydrogens (tertiary/aromatic N) is 1. The lowest BCUT2D eigenvalue weighted by molar-refractivity contribution is 0.0977. The van der Waals surface area contributed by atoms with E-state index in [1.165, 1.54) is 0 Å². The molecular formula is C27H33ClF3N3O4S. The molecule has 2 aliphatic rings. The van der Waals surface area contributed by atoms with E-state index in [1.807, 2.05) is 19.0 Å². The van der Waals surface area contributed by atoms with Gasteiger partial charge in [0.1, 0.15) is 23.2 Å². The minimum absolute atomic E-state index is 0.0233. The number of carbonyl (C=O) groups is 1. The van der Waals surface area contributed by atoms with Crippen molar-refractivity contribution in [1.82, 2.24) is 9.62 Å². The third-order valence-electron chi connectivity index (χ3n) is 7.45. The van der Waals surface area contributed by atoms with E-state index in [0.29, 0.717) is 12.5 Å². The Bertz CT molecular complexity index is 1300. The van der Waals surface area contributed by atoms with Crippen LogP contribution >= 0.6 is 11.6 Å². The van der Waals surface area contributed by atoms with Crippen LogP contribution in [0.4, 0.5) is 18.9 Å². The zero-order chi connectivity index (χ0) is 28.3. The summed E-state index contributed by atoms with van der Waals surface area (Å²) in [5.41, 5.74) is -0.622. The van der Waals surface area contributed by atoms with Gasteiger partial charge in [-0.05, 0) is 63.9 Å². The topological polar surface area (TPSA) is 87.7 Å². The number of amides is 1.